The molecule has 0 spiro atoms. The van der Waals surface area contributed by atoms with Gasteiger partial charge in [-0.2, -0.15) is 0 Å². The van der Waals surface area contributed by atoms with Gasteiger partial charge in [0.25, 0.3) is 0 Å². The normalized spacial score (nSPS) is 12.4. The predicted octanol–water partition coefficient (Wildman–Crippen LogP) is 4.14. The molecule has 0 bridgehead atoms. The maximum absolute atomic E-state index is 2.36. The zero-order valence-corrected chi connectivity index (χ0v) is 11.0. The number of hydrogen-bond acceptors (Lipinski definition) is 0. The van der Waals surface area contributed by atoms with Gasteiger partial charge in [0.2, 0.25) is 0 Å². The van der Waals surface area contributed by atoms with E-state index in [9.17, 15) is 0 Å². The molecule has 1 atom stereocenters. The van der Waals surface area contributed by atoms with Gasteiger partial charge in [-0.1, -0.05) is 81.6 Å². The molecule has 87 valence electrons. The Hall–Kier alpha value is -0.715. The van der Waals surface area contributed by atoms with E-state index < -0.39 is 0 Å². The summed E-state index contributed by atoms with van der Waals surface area (Å²) in [6.07, 6.45) is 6.48. The average Bonchev–Trinajstić information content (AvgIpc) is 2.30. The molecule has 0 aromatic heterocycles. The topological polar surface area (TPSA) is 0 Å². The van der Waals surface area contributed by atoms with Gasteiger partial charge < -0.3 is 0 Å². The van der Waals surface area contributed by atoms with Crippen LogP contribution in [-0.4, -0.2) is 7.28 Å². The van der Waals surface area contributed by atoms with Gasteiger partial charge in [-0.15, -0.1) is 0 Å². The van der Waals surface area contributed by atoms with E-state index in [0.717, 1.165) is 6.32 Å². The van der Waals surface area contributed by atoms with E-state index >= 15 is 0 Å². The van der Waals surface area contributed by atoms with Gasteiger partial charge >= 0.3 is 0 Å². The molecule has 0 aliphatic heterocycles. The lowest BCUT2D eigenvalue weighted by molar-refractivity contribution is 0.600. The molecule has 0 aliphatic rings. The minimum absolute atomic E-state index is 0.700. The Balaban J connectivity index is 2.62. The second-order valence-electron chi connectivity index (χ2n) is 4.64. The van der Waals surface area contributed by atoms with Crippen molar-refractivity contribution < 1.29 is 0 Å². The maximum Gasteiger partial charge on any atom is 0.151 e. The Bertz CT molecular complexity index is 293. The van der Waals surface area contributed by atoms with Crippen LogP contribution in [0.15, 0.2) is 24.3 Å². The van der Waals surface area contributed by atoms with E-state index in [-0.39, 0.29) is 0 Å². The lowest BCUT2D eigenvalue weighted by Gasteiger charge is -2.16. The molecule has 0 heterocycles. The first-order valence-electron chi connectivity index (χ1n) is 6.71. The highest BCUT2D eigenvalue weighted by Crippen LogP contribution is 2.20. The molecular formula is C15H24B. The minimum atomic E-state index is 0.700. The molecule has 1 aromatic rings. The largest absolute Gasteiger partial charge is 0.151 e. The Labute approximate surface area is 102 Å². The standard InChI is InChI=1S/C15H24B/c1-4-6-7-10-13(3)14-11-8-9-12-15(14)16-5-2/h8-9,11-13H,4-7,10H2,1-3H3/t13-/m1/s1. The van der Waals surface area contributed by atoms with Gasteiger partial charge in [-0.3, -0.25) is 0 Å². The highest BCUT2D eigenvalue weighted by Gasteiger charge is 2.09. The van der Waals surface area contributed by atoms with Crippen molar-refractivity contribution in [2.45, 2.75) is 58.7 Å². The summed E-state index contributed by atoms with van der Waals surface area (Å²) >= 11 is 0. The van der Waals surface area contributed by atoms with Crippen molar-refractivity contribution >= 4 is 12.7 Å². The molecular weight excluding hydrogens is 191 g/mol. The molecule has 0 N–H and O–H groups in total. The monoisotopic (exact) mass is 215 g/mol. The smallest absolute Gasteiger partial charge is 0.0844 e. The number of hydrogen-bond donors (Lipinski definition) is 0. The zero-order chi connectivity index (χ0) is 11.8. The summed E-state index contributed by atoms with van der Waals surface area (Å²) in [5.41, 5.74) is 2.97. The van der Waals surface area contributed by atoms with Gasteiger partial charge in [0, 0.05) is 0 Å². The summed E-state index contributed by atoms with van der Waals surface area (Å²) in [7, 11) is 2.34. The summed E-state index contributed by atoms with van der Waals surface area (Å²) in [4.78, 5) is 0. The predicted molar refractivity (Wildman–Crippen MR) is 74.9 cm³/mol. The molecule has 1 radical (unpaired) electrons. The first-order valence-corrected chi connectivity index (χ1v) is 6.71. The number of rotatable bonds is 7. The fraction of sp³-hybridized carbons (Fsp3) is 0.600. The molecule has 1 aromatic carbocycles. The third-order valence-electron chi connectivity index (χ3n) is 3.19. The van der Waals surface area contributed by atoms with Crippen LogP contribution in [0.4, 0.5) is 0 Å². The Kier molecular flexibility index (Phi) is 6.29. The molecule has 1 rings (SSSR count). The molecule has 16 heavy (non-hydrogen) atoms. The molecule has 0 nitrogen and oxygen atoms in total. The highest BCUT2D eigenvalue weighted by atomic mass is 14.1. The highest BCUT2D eigenvalue weighted by molar-refractivity contribution is 6.53. The van der Waals surface area contributed by atoms with Crippen LogP contribution in [0, 0.1) is 0 Å². The van der Waals surface area contributed by atoms with Crippen molar-refractivity contribution in [3.05, 3.63) is 29.8 Å². The van der Waals surface area contributed by atoms with E-state index in [1.54, 1.807) is 0 Å². The van der Waals surface area contributed by atoms with Crippen LogP contribution in [-0.2, 0) is 0 Å². The molecule has 1 heteroatoms. The van der Waals surface area contributed by atoms with Crippen LogP contribution < -0.4 is 5.46 Å². The average molecular weight is 215 g/mol. The van der Waals surface area contributed by atoms with Crippen molar-refractivity contribution in [3.63, 3.8) is 0 Å². The number of benzene rings is 1. The molecule has 0 amide bonds. The minimum Gasteiger partial charge on any atom is -0.0844 e. The van der Waals surface area contributed by atoms with E-state index in [1.807, 2.05) is 0 Å². The van der Waals surface area contributed by atoms with Crippen LogP contribution in [0.2, 0.25) is 6.32 Å². The SMILES string of the molecule is CC[B]c1ccccc1[C@H](C)CCCCC. The van der Waals surface area contributed by atoms with E-state index in [0.29, 0.717) is 5.92 Å². The summed E-state index contributed by atoms with van der Waals surface area (Å²) < 4.78 is 0. The quantitative estimate of drug-likeness (QED) is 0.473. The number of unbranched alkanes of at least 4 members (excludes halogenated alkanes) is 2. The van der Waals surface area contributed by atoms with Crippen LogP contribution >= 0.6 is 0 Å². The van der Waals surface area contributed by atoms with Crippen LogP contribution in [0.5, 0.6) is 0 Å². The lowest BCUT2D eigenvalue weighted by atomic mass is 9.64. The lowest BCUT2D eigenvalue weighted by Crippen LogP contribution is -2.19. The Morgan fingerprint density at radius 3 is 2.56 bits per heavy atom. The van der Waals surface area contributed by atoms with Gasteiger partial charge in [0.05, 0.1) is 0 Å². The Morgan fingerprint density at radius 2 is 1.88 bits per heavy atom. The van der Waals surface area contributed by atoms with Crippen LogP contribution in [0.1, 0.15) is 57.9 Å². The summed E-state index contributed by atoms with van der Waals surface area (Å²) in [5.74, 6) is 0.700. The Morgan fingerprint density at radius 1 is 1.12 bits per heavy atom. The summed E-state index contributed by atoms with van der Waals surface area (Å²) in [6.45, 7) is 6.83. The molecule has 0 fully saturated rings. The second-order valence-corrected chi connectivity index (χ2v) is 4.64. The van der Waals surface area contributed by atoms with Crippen molar-refractivity contribution in [3.8, 4) is 0 Å². The van der Waals surface area contributed by atoms with Crippen LogP contribution in [0.3, 0.4) is 0 Å². The summed E-state index contributed by atoms with van der Waals surface area (Å²) in [6, 6.07) is 8.84. The third-order valence-corrected chi connectivity index (χ3v) is 3.19. The summed E-state index contributed by atoms with van der Waals surface area (Å²) in [5, 5.41) is 0. The molecule has 0 aliphatic carbocycles. The van der Waals surface area contributed by atoms with E-state index in [2.05, 4.69) is 52.3 Å². The maximum atomic E-state index is 2.36. The molecule has 0 unspecified atom stereocenters. The van der Waals surface area contributed by atoms with Gasteiger partial charge in [0.1, 0.15) is 0 Å². The molecule has 0 saturated carbocycles. The third kappa shape index (κ3) is 4.04. The van der Waals surface area contributed by atoms with Gasteiger partial charge in [-0.05, 0) is 12.3 Å². The van der Waals surface area contributed by atoms with Gasteiger partial charge in [0.15, 0.2) is 7.28 Å². The van der Waals surface area contributed by atoms with Gasteiger partial charge in [-0.25, -0.2) is 0 Å². The van der Waals surface area contributed by atoms with Crippen molar-refractivity contribution in [2.24, 2.45) is 0 Å². The first-order chi connectivity index (χ1) is 7.79. The van der Waals surface area contributed by atoms with Crippen molar-refractivity contribution in [1.82, 2.24) is 0 Å². The van der Waals surface area contributed by atoms with Crippen molar-refractivity contribution in [2.75, 3.05) is 0 Å². The fourth-order valence-corrected chi connectivity index (χ4v) is 2.22. The molecule has 0 saturated heterocycles. The first kappa shape index (κ1) is 13.4. The van der Waals surface area contributed by atoms with Crippen LogP contribution in [0.25, 0.3) is 0 Å². The van der Waals surface area contributed by atoms with Crippen molar-refractivity contribution in [1.29, 1.82) is 0 Å². The fourth-order valence-electron chi connectivity index (χ4n) is 2.22. The van der Waals surface area contributed by atoms with E-state index in [4.69, 9.17) is 0 Å². The zero-order valence-electron chi connectivity index (χ0n) is 11.0. The van der Waals surface area contributed by atoms with E-state index in [1.165, 1.54) is 36.7 Å². The second kappa shape index (κ2) is 7.54.